The summed E-state index contributed by atoms with van der Waals surface area (Å²) < 4.78 is 21.6. The monoisotopic (exact) mass is 394 g/mol. The van der Waals surface area contributed by atoms with Crippen LogP contribution < -0.4 is 5.56 Å². The fraction of sp³-hybridized carbons (Fsp3) is 0.250. The van der Waals surface area contributed by atoms with Crippen LogP contribution in [0, 0.1) is 0 Å². The zero-order valence-electron chi connectivity index (χ0n) is 12.1. The SMILES string of the molecule is O=c1[nH]ccc2nc(C3CCCS3(O)O)c3ccc(Br)cc3c12. The maximum atomic E-state index is 12.3. The van der Waals surface area contributed by atoms with Crippen LogP contribution in [0.3, 0.4) is 0 Å². The van der Waals surface area contributed by atoms with Gasteiger partial charge in [0.1, 0.15) is 0 Å². The van der Waals surface area contributed by atoms with Crippen molar-refractivity contribution in [1.82, 2.24) is 9.97 Å². The Hall–Kier alpha value is -1.41. The summed E-state index contributed by atoms with van der Waals surface area (Å²) in [5, 5.41) is 1.75. The van der Waals surface area contributed by atoms with E-state index in [0.717, 1.165) is 21.7 Å². The van der Waals surface area contributed by atoms with E-state index in [0.29, 0.717) is 28.8 Å². The molecule has 0 radical (unpaired) electrons. The highest BCUT2D eigenvalue weighted by molar-refractivity contribution is 9.10. The predicted octanol–water partition coefficient (Wildman–Crippen LogP) is 4.42. The molecule has 1 atom stereocenters. The van der Waals surface area contributed by atoms with Crippen molar-refractivity contribution in [3.05, 3.63) is 51.0 Å². The molecule has 1 aromatic carbocycles. The summed E-state index contributed by atoms with van der Waals surface area (Å²) in [5.74, 6) is 0.421. The molecule has 3 heterocycles. The second-order valence-electron chi connectivity index (χ2n) is 5.81. The number of aromatic amines is 1. The van der Waals surface area contributed by atoms with Crippen LogP contribution in [0.1, 0.15) is 23.8 Å². The zero-order chi connectivity index (χ0) is 16.2. The number of pyridine rings is 2. The molecule has 0 amide bonds. The average Bonchev–Trinajstić information content (AvgIpc) is 2.85. The van der Waals surface area contributed by atoms with E-state index in [4.69, 9.17) is 0 Å². The van der Waals surface area contributed by atoms with Gasteiger partial charge in [0, 0.05) is 21.8 Å². The lowest BCUT2D eigenvalue weighted by Crippen LogP contribution is -2.11. The largest absolute Gasteiger partial charge is 0.328 e. The van der Waals surface area contributed by atoms with Crippen molar-refractivity contribution in [2.45, 2.75) is 18.1 Å². The maximum Gasteiger partial charge on any atom is 0.258 e. The van der Waals surface area contributed by atoms with Gasteiger partial charge in [-0.2, -0.15) is 10.6 Å². The molecule has 2 aromatic heterocycles. The summed E-state index contributed by atoms with van der Waals surface area (Å²) in [6.45, 7) is 0. The molecule has 120 valence electrons. The van der Waals surface area contributed by atoms with Crippen molar-refractivity contribution in [3.63, 3.8) is 0 Å². The van der Waals surface area contributed by atoms with Crippen molar-refractivity contribution in [2.75, 3.05) is 5.75 Å². The molecule has 3 aromatic rings. The smallest absolute Gasteiger partial charge is 0.258 e. The molecule has 0 aliphatic carbocycles. The van der Waals surface area contributed by atoms with Crippen LogP contribution in [0.4, 0.5) is 0 Å². The Morgan fingerprint density at radius 2 is 2.09 bits per heavy atom. The number of halogens is 1. The van der Waals surface area contributed by atoms with E-state index in [1.807, 2.05) is 18.2 Å². The van der Waals surface area contributed by atoms with Gasteiger partial charge in [-0.15, -0.1) is 0 Å². The van der Waals surface area contributed by atoms with Gasteiger partial charge in [-0.3, -0.25) is 13.9 Å². The van der Waals surface area contributed by atoms with E-state index in [-0.39, 0.29) is 10.8 Å². The first-order valence-electron chi connectivity index (χ1n) is 7.33. The van der Waals surface area contributed by atoms with Gasteiger partial charge in [-0.25, -0.2) is 4.98 Å². The molecule has 1 saturated heterocycles. The number of nitrogens with zero attached hydrogens (tertiary/aromatic N) is 1. The Kier molecular flexibility index (Phi) is 3.49. The molecule has 0 saturated carbocycles. The third-order valence-corrected chi connectivity index (χ3v) is 7.13. The second-order valence-corrected chi connectivity index (χ2v) is 9.13. The van der Waals surface area contributed by atoms with Crippen LogP contribution in [-0.2, 0) is 0 Å². The number of aromatic nitrogens is 2. The van der Waals surface area contributed by atoms with E-state index < -0.39 is 10.6 Å². The van der Waals surface area contributed by atoms with Crippen molar-refractivity contribution in [1.29, 1.82) is 0 Å². The average molecular weight is 395 g/mol. The highest BCUT2D eigenvalue weighted by Crippen LogP contribution is 2.61. The fourth-order valence-electron chi connectivity index (χ4n) is 3.33. The highest BCUT2D eigenvalue weighted by Gasteiger charge is 2.35. The van der Waals surface area contributed by atoms with Crippen molar-refractivity contribution in [3.8, 4) is 0 Å². The lowest BCUT2D eigenvalue weighted by atomic mass is 10.0. The first kappa shape index (κ1) is 15.1. The molecule has 0 spiro atoms. The van der Waals surface area contributed by atoms with E-state index in [9.17, 15) is 13.9 Å². The summed E-state index contributed by atoms with van der Waals surface area (Å²) in [6.07, 6.45) is 3.05. The summed E-state index contributed by atoms with van der Waals surface area (Å²) in [7, 11) is -2.68. The van der Waals surface area contributed by atoms with Gasteiger partial charge < -0.3 is 4.98 Å². The third kappa shape index (κ3) is 2.39. The molecule has 0 bridgehead atoms. The van der Waals surface area contributed by atoms with Gasteiger partial charge in [0.05, 0.1) is 21.8 Å². The predicted molar refractivity (Wildman–Crippen MR) is 97.3 cm³/mol. The molecule has 1 unspecified atom stereocenters. The van der Waals surface area contributed by atoms with Crippen LogP contribution in [-0.4, -0.2) is 24.8 Å². The van der Waals surface area contributed by atoms with Gasteiger partial charge in [0.25, 0.3) is 5.56 Å². The molecule has 3 N–H and O–H groups in total. The minimum atomic E-state index is -2.68. The lowest BCUT2D eigenvalue weighted by molar-refractivity contribution is 0.482. The summed E-state index contributed by atoms with van der Waals surface area (Å²) in [6, 6.07) is 7.42. The highest BCUT2D eigenvalue weighted by atomic mass is 79.9. The standard InChI is InChI=1S/C16H15BrN2O3S/c17-9-3-4-10-11(8-9)14-12(5-6-18-16(14)20)19-15(10)13-2-1-7-23(13,21)22/h3-6,8,13,21-22H,1-2,7H2,(H,18,20). The number of hydrogen-bond donors (Lipinski definition) is 3. The van der Waals surface area contributed by atoms with Crippen molar-refractivity contribution in [2.24, 2.45) is 0 Å². The normalized spacial score (nSPS) is 21.8. The van der Waals surface area contributed by atoms with E-state index in [1.165, 1.54) is 0 Å². The van der Waals surface area contributed by atoms with Crippen LogP contribution in [0.2, 0.25) is 0 Å². The number of rotatable bonds is 1. The van der Waals surface area contributed by atoms with Crippen LogP contribution in [0.15, 0.2) is 39.7 Å². The quantitative estimate of drug-likeness (QED) is 0.533. The summed E-state index contributed by atoms with van der Waals surface area (Å²) >= 11 is 3.45. The minimum Gasteiger partial charge on any atom is -0.328 e. The van der Waals surface area contributed by atoms with Crippen LogP contribution in [0.5, 0.6) is 0 Å². The van der Waals surface area contributed by atoms with Gasteiger partial charge in [0.2, 0.25) is 0 Å². The van der Waals surface area contributed by atoms with E-state index >= 15 is 0 Å². The summed E-state index contributed by atoms with van der Waals surface area (Å²) in [4.78, 5) is 19.6. The Bertz CT molecular complexity index is 986. The molecular weight excluding hydrogens is 380 g/mol. The number of nitrogens with one attached hydrogen (secondary N) is 1. The molecule has 1 aliphatic heterocycles. The Morgan fingerprint density at radius 3 is 2.83 bits per heavy atom. The fourth-order valence-corrected chi connectivity index (χ4v) is 5.65. The second kappa shape index (κ2) is 5.31. The summed E-state index contributed by atoms with van der Waals surface area (Å²) in [5.41, 5.74) is 1.07. The number of benzene rings is 1. The molecule has 1 aliphatic rings. The Morgan fingerprint density at radius 1 is 1.26 bits per heavy atom. The maximum absolute atomic E-state index is 12.3. The molecule has 7 heteroatoms. The van der Waals surface area contributed by atoms with Crippen LogP contribution >= 0.6 is 26.5 Å². The van der Waals surface area contributed by atoms with E-state index in [1.54, 1.807) is 12.3 Å². The lowest BCUT2D eigenvalue weighted by Gasteiger charge is -2.34. The zero-order valence-corrected chi connectivity index (χ0v) is 14.5. The van der Waals surface area contributed by atoms with Crippen molar-refractivity contribution < 1.29 is 9.11 Å². The minimum absolute atomic E-state index is 0.192. The molecule has 4 rings (SSSR count). The van der Waals surface area contributed by atoms with Gasteiger partial charge in [-0.1, -0.05) is 22.0 Å². The third-order valence-electron chi connectivity index (χ3n) is 4.38. The molecule has 5 nitrogen and oxygen atoms in total. The molecular formula is C16H15BrN2O3S. The van der Waals surface area contributed by atoms with Gasteiger partial charge >= 0.3 is 0 Å². The Labute approximate surface area is 142 Å². The van der Waals surface area contributed by atoms with Crippen LogP contribution in [0.25, 0.3) is 21.7 Å². The number of fused-ring (bicyclic) bond motifs is 3. The topological polar surface area (TPSA) is 86.2 Å². The van der Waals surface area contributed by atoms with E-state index in [2.05, 4.69) is 25.9 Å². The van der Waals surface area contributed by atoms with Crippen molar-refractivity contribution >= 4 is 48.2 Å². The van der Waals surface area contributed by atoms with Gasteiger partial charge in [0.15, 0.2) is 0 Å². The number of hydrogen-bond acceptors (Lipinski definition) is 4. The first-order chi connectivity index (χ1) is 11.0. The molecule has 23 heavy (non-hydrogen) atoms. The number of H-pyrrole nitrogens is 1. The first-order valence-corrected chi connectivity index (χ1v) is 9.90. The van der Waals surface area contributed by atoms with Gasteiger partial charge in [-0.05, 0) is 36.4 Å². The Balaban J connectivity index is 2.14. The molecule has 1 fully saturated rings.